The molecule has 5 aromatic rings. The van der Waals surface area contributed by atoms with E-state index in [0.717, 1.165) is 0 Å². The van der Waals surface area contributed by atoms with Crippen LogP contribution in [0.25, 0.3) is 0 Å². The first-order chi connectivity index (χ1) is 15.8. The Labute approximate surface area is 190 Å². The zero-order chi connectivity index (χ0) is 21.9. The summed E-state index contributed by atoms with van der Waals surface area (Å²) in [6, 6.07) is 51.6. The second-order valence-corrected chi connectivity index (χ2v) is 21.7. The summed E-state index contributed by atoms with van der Waals surface area (Å²) in [6.45, 7) is 0. The van der Waals surface area contributed by atoms with E-state index in [2.05, 4.69) is 127 Å². The minimum atomic E-state index is -4.65. The fourth-order valence-corrected chi connectivity index (χ4v) is 24.7. The molecule has 0 spiro atoms. The van der Waals surface area contributed by atoms with Gasteiger partial charge in [0, 0.05) is 0 Å². The molecule has 0 bridgehead atoms. The summed E-state index contributed by atoms with van der Waals surface area (Å²) in [7, 11) is 0. The zero-order valence-electron chi connectivity index (χ0n) is 17.8. The van der Waals surface area contributed by atoms with Gasteiger partial charge >= 0.3 is 191 Å². The van der Waals surface area contributed by atoms with E-state index in [1.54, 1.807) is 6.07 Å². The average Bonchev–Trinajstić information content (AvgIpc) is 2.88. The average molecular weight is 523 g/mol. The van der Waals surface area contributed by atoms with Crippen LogP contribution in [0.15, 0.2) is 146 Å². The number of phenols is 1. The van der Waals surface area contributed by atoms with Gasteiger partial charge in [0.1, 0.15) is 0 Å². The van der Waals surface area contributed by atoms with Gasteiger partial charge in [0.25, 0.3) is 0 Å². The summed E-state index contributed by atoms with van der Waals surface area (Å²) in [5, 5.41) is 10.7. The molecule has 1 N–H and O–H groups in total. The van der Waals surface area contributed by atoms with Gasteiger partial charge in [0.2, 0.25) is 0 Å². The molecule has 5 rings (SSSR count). The summed E-state index contributed by atoms with van der Waals surface area (Å²) in [4.78, 5) is 0. The first-order valence-corrected chi connectivity index (χ1v) is 17.2. The Bertz CT molecular complexity index is 1150. The molecule has 0 aliphatic rings. The number of phenolic OH excluding ortho intramolecular Hbond substituents is 1. The van der Waals surface area contributed by atoms with Gasteiger partial charge in [0.05, 0.1) is 0 Å². The van der Waals surface area contributed by atoms with Crippen molar-refractivity contribution < 1.29 is 5.11 Å². The first-order valence-electron chi connectivity index (χ1n) is 10.8. The van der Waals surface area contributed by atoms with Crippen LogP contribution in [0.1, 0.15) is 0 Å². The van der Waals surface area contributed by atoms with Crippen LogP contribution >= 0.6 is 0 Å². The fourth-order valence-electron chi connectivity index (χ4n) is 5.17. The van der Waals surface area contributed by atoms with Gasteiger partial charge in [-0.2, -0.15) is 0 Å². The van der Waals surface area contributed by atoms with Crippen molar-refractivity contribution in [3.05, 3.63) is 146 Å². The van der Waals surface area contributed by atoms with E-state index in [1.165, 1.54) is 17.6 Å². The zero-order valence-corrected chi connectivity index (χ0v) is 20.3. The summed E-state index contributed by atoms with van der Waals surface area (Å²) < 4.78 is 6.45. The van der Waals surface area contributed by atoms with E-state index in [0.29, 0.717) is 5.75 Å². The molecule has 5 aromatic carbocycles. The third kappa shape index (κ3) is 2.85. The molecule has 0 radical (unpaired) electrons. The van der Waals surface area contributed by atoms with Crippen molar-refractivity contribution in [3.63, 3.8) is 0 Å². The number of benzene rings is 5. The van der Waals surface area contributed by atoms with Crippen LogP contribution in [-0.4, -0.2) is 22.5 Å². The van der Waals surface area contributed by atoms with E-state index in [1.807, 2.05) is 12.1 Å². The predicted octanol–water partition coefficient (Wildman–Crippen LogP) is 3.63. The second-order valence-electron chi connectivity index (χ2n) is 7.98. The summed E-state index contributed by atoms with van der Waals surface area (Å²) in [6.07, 6.45) is 0. The van der Waals surface area contributed by atoms with Crippen molar-refractivity contribution >= 4 is 34.9 Å². The van der Waals surface area contributed by atoms with Crippen LogP contribution in [0.2, 0.25) is 0 Å². The Balaban J connectivity index is 2.15. The first kappa shape index (κ1) is 20.6. The summed E-state index contributed by atoms with van der Waals surface area (Å²) in [5.41, 5.74) is 0. The minimum absolute atomic E-state index is 0.291. The van der Waals surface area contributed by atoms with E-state index < -0.39 is 17.4 Å². The Morgan fingerprint density at radius 1 is 0.344 bits per heavy atom. The molecule has 1 nitrogen and oxygen atoms in total. The van der Waals surface area contributed by atoms with Gasteiger partial charge < -0.3 is 0 Å². The molecule has 0 heterocycles. The molecule has 0 aliphatic carbocycles. The number of hydrogen-bond acceptors (Lipinski definition) is 1. The van der Waals surface area contributed by atoms with Gasteiger partial charge in [-0.25, -0.2) is 0 Å². The third-order valence-corrected chi connectivity index (χ3v) is 25.4. The van der Waals surface area contributed by atoms with Crippen LogP contribution in [0.4, 0.5) is 0 Å². The molecule has 0 fully saturated rings. The molecule has 0 saturated carbocycles. The van der Waals surface area contributed by atoms with Gasteiger partial charge in [-0.1, -0.05) is 0 Å². The van der Waals surface area contributed by atoms with Gasteiger partial charge in [-0.15, -0.1) is 0 Å². The standard InChI is InChI=1S/C6H5O.4C6H5.Sb/c7-6-4-2-1-3-5-6;4*1-2-4-6-5-3-1;/h1-2,4-5,7H;4*1-5H;. The Hall–Kier alpha value is -3.28. The van der Waals surface area contributed by atoms with Crippen LogP contribution < -0.4 is 17.6 Å². The molecule has 0 aliphatic heterocycles. The fraction of sp³-hybridized carbons (Fsp3) is 0. The van der Waals surface area contributed by atoms with Crippen molar-refractivity contribution in [1.29, 1.82) is 0 Å². The van der Waals surface area contributed by atoms with E-state index in [-0.39, 0.29) is 0 Å². The topological polar surface area (TPSA) is 20.2 Å². The van der Waals surface area contributed by atoms with Crippen LogP contribution in [0.5, 0.6) is 5.75 Å². The summed E-state index contributed by atoms with van der Waals surface area (Å²) in [5.74, 6) is 0.291. The van der Waals surface area contributed by atoms with Crippen molar-refractivity contribution in [3.8, 4) is 5.75 Å². The van der Waals surface area contributed by atoms with E-state index in [9.17, 15) is 5.11 Å². The van der Waals surface area contributed by atoms with E-state index in [4.69, 9.17) is 0 Å². The van der Waals surface area contributed by atoms with Crippen molar-refractivity contribution in [2.75, 3.05) is 0 Å². The number of hydrogen-bond donors (Lipinski definition) is 1. The van der Waals surface area contributed by atoms with Crippen molar-refractivity contribution in [1.82, 2.24) is 0 Å². The number of aromatic hydroxyl groups is 1. The molecular weight excluding hydrogens is 498 g/mol. The maximum absolute atomic E-state index is 10.7. The van der Waals surface area contributed by atoms with Crippen molar-refractivity contribution in [2.24, 2.45) is 0 Å². The molecule has 0 atom stereocenters. The molecule has 0 amide bonds. The van der Waals surface area contributed by atoms with Gasteiger partial charge in [-0.05, 0) is 0 Å². The molecule has 0 unspecified atom stereocenters. The second kappa shape index (κ2) is 8.34. The molecule has 0 aromatic heterocycles. The van der Waals surface area contributed by atoms with Gasteiger partial charge in [-0.3, -0.25) is 0 Å². The van der Waals surface area contributed by atoms with Crippen LogP contribution in [0.3, 0.4) is 0 Å². The SMILES string of the molecule is Oc1ccc[c]([Sb]([c]2ccccc2)([c]2ccccc2)([c]2ccccc2)[c]2ccccc2)c1. The maximum atomic E-state index is 10.7. The number of rotatable bonds is 5. The predicted molar refractivity (Wildman–Crippen MR) is 138 cm³/mol. The Kier molecular flexibility index (Phi) is 5.37. The van der Waals surface area contributed by atoms with Crippen LogP contribution in [0, 0.1) is 0 Å². The Morgan fingerprint density at radius 2 is 0.656 bits per heavy atom. The molecule has 2 heteroatoms. The van der Waals surface area contributed by atoms with E-state index >= 15 is 0 Å². The molecule has 156 valence electrons. The summed E-state index contributed by atoms with van der Waals surface area (Å²) >= 11 is -4.65. The van der Waals surface area contributed by atoms with Gasteiger partial charge in [0.15, 0.2) is 0 Å². The molecular formula is C30H25OSb. The molecule has 0 saturated heterocycles. The monoisotopic (exact) mass is 522 g/mol. The van der Waals surface area contributed by atoms with Crippen molar-refractivity contribution in [2.45, 2.75) is 0 Å². The van der Waals surface area contributed by atoms with Crippen LogP contribution in [-0.2, 0) is 0 Å². The quantitative estimate of drug-likeness (QED) is 0.349. The Morgan fingerprint density at radius 3 is 0.969 bits per heavy atom. The third-order valence-electron chi connectivity index (χ3n) is 6.44. The molecule has 32 heavy (non-hydrogen) atoms. The normalized spacial score (nSPS) is 12.6.